The van der Waals surface area contributed by atoms with Crippen LogP contribution in [0, 0.1) is 0 Å². The van der Waals surface area contributed by atoms with E-state index in [1.54, 1.807) is 24.1 Å². The Morgan fingerprint density at radius 2 is 2.08 bits per heavy atom. The summed E-state index contributed by atoms with van der Waals surface area (Å²) in [4.78, 5) is 13.8. The monoisotopic (exact) mass is 350 g/mol. The lowest BCUT2D eigenvalue weighted by Gasteiger charge is -2.09. The zero-order valence-electron chi connectivity index (χ0n) is 14.4. The quantitative estimate of drug-likeness (QED) is 0.575. The van der Waals surface area contributed by atoms with Gasteiger partial charge in [-0.2, -0.15) is 10.2 Å². The third-order valence-corrected chi connectivity index (χ3v) is 4.18. The number of hydrogen-bond donors (Lipinski definition) is 2. The molecular formula is C18H18N6O2. The van der Waals surface area contributed by atoms with Gasteiger partial charge in [0.15, 0.2) is 0 Å². The third kappa shape index (κ3) is 2.92. The predicted molar refractivity (Wildman–Crippen MR) is 98.3 cm³/mol. The third-order valence-electron chi connectivity index (χ3n) is 4.18. The van der Waals surface area contributed by atoms with Crippen molar-refractivity contribution in [1.82, 2.24) is 24.4 Å². The molecule has 0 saturated heterocycles. The number of hydrogen-bond acceptors (Lipinski definition) is 5. The Morgan fingerprint density at radius 1 is 1.19 bits per heavy atom. The van der Waals surface area contributed by atoms with E-state index in [4.69, 9.17) is 4.74 Å². The van der Waals surface area contributed by atoms with Gasteiger partial charge in [-0.3, -0.25) is 9.48 Å². The molecule has 0 aromatic carbocycles. The summed E-state index contributed by atoms with van der Waals surface area (Å²) in [7, 11) is 3.53. The highest BCUT2D eigenvalue weighted by Crippen LogP contribution is 2.30. The number of aryl methyl sites for hydroxylation is 1. The van der Waals surface area contributed by atoms with E-state index >= 15 is 0 Å². The molecular weight excluding hydrogens is 332 g/mol. The van der Waals surface area contributed by atoms with Crippen LogP contribution < -0.4 is 15.6 Å². The smallest absolute Gasteiger partial charge is 0.248 e. The van der Waals surface area contributed by atoms with E-state index in [0.29, 0.717) is 6.54 Å². The van der Waals surface area contributed by atoms with Gasteiger partial charge in [0.25, 0.3) is 0 Å². The van der Waals surface area contributed by atoms with Crippen LogP contribution in [0.2, 0.25) is 0 Å². The van der Waals surface area contributed by atoms with Crippen molar-refractivity contribution in [1.29, 1.82) is 0 Å². The summed E-state index contributed by atoms with van der Waals surface area (Å²) in [5.41, 5.74) is 4.57. The van der Waals surface area contributed by atoms with Gasteiger partial charge >= 0.3 is 0 Å². The van der Waals surface area contributed by atoms with Crippen LogP contribution in [0.3, 0.4) is 0 Å². The van der Waals surface area contributed by atoms with E-state index in [2.05, 4.69) is 20.5 Å². The van der Waals surface area contributed by atoms with Gasteiger partial charge in [0.2, 0.25) is 5.56 Å². The fourth-order valence-electron chi connectivity index (χ4n) is 2.88. The van der Waals surface area contributed by atoms with Gasteiger partial charge < -0.3 is 15.0 Å². The lowest BCUT2D eigenvalue weighted by atomic mass is 10.1. The Bertz CT molecular complexity index is 1100. The number of nitrogens with one attached hydrogen (secondary N) is 2. The molecule has 8 heteroatoms. The maximum atomic E-state index is 11.1. The minimum absolute atomic E-state index is 0.129. The molecule has 0 amide bonds. The average Bonchev–Trinajstić information content (AvgIpc) is 3.26. The minimum atomic E-state index is -0.129. The fourth-order valence-corrected chi connectivity index (χ4v) is 2.88. The average molecular weight is 350 g/mol. The normalized spacial score (nSPS) is 11.0. The molecule has 0 bridgehead atoms. The summed E-state index contributed by atoms with van der Waals surface area (Å²) < 4.78 is 9.17. The Morgan fingerprint density at radius 3 is 2.77 bits per heavy atom. The summed E-state index contributed by atoms with van der Waals surface area (Å²) in [6.07, 6.45) is 9.17. The second-order valence-corrected chi connectivity index (χ2v) is 5.96. The lowest BCUT2D eigenvalue weighted by Crippen LogP contribution is -2.05. The molecule has 0 saturated carbocycles. The number of ether oxygens (including phenoxy) is 1. The van der Waals surface area contributed by atoms with Crippen molar-refractivity contribution in [2.45, 2.75) is 6.54 Å². The first-order valence-electron chi connectivity index (χ1n) is 8.10. The van der Waals surface area contributed by atoms with Gasteiger partial charge in [0.1, 0.15) is 11.3 Å². The molecule has 0 unspecified atom stereocenters. The Labute approximate surface area is 149 Å². The topological polar surface area (TPSA) is 89.2 Å². The molecule has 0 spiro atoms. The van der Waals surface area contributed by atoms with Crippen LogP contribution in [-0.2, 0) is 13.6 Å². The Balaban J connectivity index is 1.68. The highest BCUT2D eigenvalue weighted by molar-refractivity contribution is 5.73. The largest absolute Gasteiger partial charge is 0.494 e. The standard InChI is InChI=1S/C18H18N6O2/c1-23-10-14(8-21-23)12-5-16(26-2)18-13(7-22-24(18)11-12)6-19-15-3-4-17(25)20-9-15/h3-5,7-11,19H,6H2,1-2H3,(H,20,25). The first-order chi connectivity index (χ1) is 12.6. The van der Waals surface area contributed by atoms with Crippen LogP contribution in [0.25, 0.3) is 16.6 Å². The molecule has 26 heavy (non-hydrogen) atoms. The summed E-state index contributed by atoms with van der Waals surface area (Å²) in [6.45, 7) is 0.554. The lowest BCUT2D eigenvalue weighted by molar-refractivity contribution is 0.417. The number of aromatic amines is 1. The molecule has 4 rings (SSSR count). The van der Waals surface area contributed by atoms with E-state index in [-0.39, 0.29) is 5.56 Å². The number of nitrogens with zero attached hydrogens (tertiary/aromatic N) is 4. The molecule has 0 aliphatic rings. The van der Waals surface area contributed by atoms with Crippen molar-refractivity contribution in [2.24, 2.45) is 7.05 Å². The molecule has 0 radical (unpaired) electrons. The summed E-state index contributed by atoms with van der Waals surface area (Å²) in [5.74, 6) is 0.738. The van der Waals surface area contributed by atoms with Crippen LogP contribution in [-0.4, -0.2) is 31.5 Å². The molecule has 2 N–H and O–H groups in total. The van der Waals surface area contributed by atoms with Gasteiger partial charge in [-0.15, -0.1) is 0 Å². The number of anilines is 1. The van der Waals surface area contributed by atoms with Crippen LogP contribution in [0.4, 0.5) is 5.69 Å². The fraction of sp³-hybridized carbons (Fsp3) is 0.167. The molecule has 0 atom stereocenters. The molecule has 8 nitrogen and oxygen atoms in total. The first-order valence-corrected chi connectivity index (χ1v) is 8.10. The van der Waals surface area contributed by atoms with Crippen LogP contribution in [0.5, 0.6) is 5.75 Å². The number of H-pyrrole nitrogens is 1. The predicted octanol–water partition coefficient (Wildman–Crippen LogP) is 2.04. The molecule has 4 heterocycles. The van der Waals surface area contributed by atoms with E-state index in [1.807, 2.05) is 42.4 Å². The number of methoxy groups -OCH3 is 1. The number of aromatic nitrogens is 5. The Kier molecular flexibility index (Phi) is 3.92. The molecule has 0 aliphatic heterocycles. The SMILES string of the molecule is COc1cc(-c2cnn(C)c2)cn2ncc(CNc3ccc(=O)[nH]c3)c12. The van der Waals surface area contributed by atoms with Crippen LogP contribution >= 0.6 is 0 Å². The molecule has 132 valence electrons. The van der Waals surface area contributed by atoms with Crippen molar-refractivity contribution in [3.8, 4) is 16.9 Å². The molecule has 4 aromatic rings. The second kappa shape index (κ2) is 6.40. The highest BCUT2D eigenvalue weighted by atomic mass is 16.5. The van der Waals surface area contributed by atoms with Crippen LogP contribution in [0.15, 0.2) is 54.0 Å². The van der Waals surface area contributed by atoms with Gasteiger partial charge in [-0.25, -0.2) is 4.52 Å². The van der Waals surface area contributed by atoms with Crippen molar-refractivity contribution in [3.63, 3.8) is 0 Å². The van der Waals surface area contributed by atoms with E-state index in [0.717, 1.165) is 33.6 Å². The minimum Gasteiger partial charge on any atom is -0.494 e. The molecule has 4 aromatic heterocycles. The zero-order chi connectivity index (χ0) is 18.1. The highest BCUT2D eigenvalue weighted by Gasteiger charge is 2.13. The van der Waals surface area contributed by atoms with Crippen molar-refractivity contribution < 1.29 is 4.74 Å². The van der Waals surface area contributed by atoms with E-state index in [1.165, 1.54) is 6.07 Å². The number of fused-ring (bicyclic) bond motifs is 1. The summed E-state index contributed by atoms with van der Waals surface area (Å²) in [6, 6.07) is 5.21. The van der Waals surface area contributed by atoms with Crippen molar-refractivity contribution >= 4 is 11.2 Å². The van der Waals surface area contributed by atoms with Gasteiger partial charge in [0.05, 0.1) is 25.2 Å². The van der Waals surface area contributed by atoms with Gasteiger partial charge in [-0.1, -0.05) is 0 Å². The van der Waals surface area contributed by atoms with Crippen molar-refractivity contribution in [2.75, 3.05) is 12.4 Å². The Hall–Kier alpha value is -3.55. The maximum absolute atomic E-state index is 11.1. The molecule has 0 fully saturated rings. The van der Waals surface area contributed by atoms with Gasteiger partial charge in [-0.05, 0) is 12.1 Å². The summed E-state index contributed by atoms with van der Waals surface area (Å²) in [5, 5.41) is 11.9. The first kappa shape index (κ1) is 15.9. The van der Waals surface area contributed by atoms with E-state index in [9.17, 15) is 4.79 Å². The van der Waals surface area contributed by atoms with Crippen LogP contribution in [0.1, 0.15) is 5.56 Å². The van der Waals surface area contributed by atoms with Gasteiger partial charge in [0, 0.05) is 54.9 Å². The molecule has 0 aliphatic carbocycles. The zero-order valence-corrected chi connectivity index (χ0v) is 14.4. The second-order valence-electron chi connectivity index (χ2n) is 5.96. The number of pyridine rings is 2. The van der Waals surface area contributed by atoms with Crippen molar-refractivity contribution in [3.05, 3.63) is 65.1 Å². The maximum Gasteiger partial charge on any atom is 0.248 e. The summed E-state index contributed by atoms with van der Waals surface area (Å²) >= 11 is 0. The van der Waals surface area contributed by atoms with E-state index < -0.39 is 0 Å². The number of rotatable bonds is 5.